The fourth-order valence-electron chi connectivity index (χ4n) is 4.12. The summed E-state index contributed by atoms with van der Waals surface area (Å²) in [5.74, 6) is -0.121. The molecule has 0 spiro atoms. The molecule has 0 radical (unpaired) electrons. The topological polar surface area (TPSA) is 73.0 Å². The SMILES string of the molecule is O=C(CN1CCN(S(=O)(=O)c2c(Cl)cccc2Cl)CC1)Nc1ccc(N2CCCC2)cc1. The highest BCUT2D eigenvalue weighted by atomic mass is 35.5. The smallest absolute Gasteiger partial charge is 0.246 e. The zero-order chi connectivity index (χ0) is 22.7. The fourth-order valence-corrected chi connectivity index (χ4v) is 6.63. The Morgan fingerprint density at radius 2 is 1.47 bits per heavy atom. The van der Waals surface area contributed by atoms with Crippen LogP contribution < -0.4 is 10.2 Å². The van der Waals surface area contributed by atoms with Crippen molar-refractivity contribution in [2.45, 2.75) is 17.7 Å². The molecule has 7 nitrogen and oxygen atoms in total. The Hall–Kier alpha value is -1.84. The summed E-state index contributed by atoms with van der Waals surface area (Å²) in [6.07, 6.45) is 2.44. The second kappa shape index (κ2) is 9.97. The van der Waals surface area contributed by atoms with E-state index in [1.54, 1.807) is 6.07 Å². The molecule has 2 aliphatic rings. The summed E-state index contributed by atoms with van der Waals surface area (Å²) in [5, 5.41) is 3.14. The maximum absolute atomic E-state index is 13.0. The van der Waals surface area contributed by atoms with Crippen molar-refractivity contribution in [2.75, 3.05) is 56.0 Å². The number of nitrogens with one attached hydrogen (secondary N) is 1. The number of carbonyl (C=O) groups excluding carboxylic acids is 1. The highest BCUT2D eigenvalue weighted by Gasteiger charge is 2.32. The lowest BCUT2D eigenvalue weighted by Gasteiger charge is -2.33. The van der Waals surface area contributed by atoms with Crippen molar-refractivity contribution in [3.05, 3.63) is 52.5 Å². The molecule has 4 rings (SSSR count). The number of amides is 1. The second-order valence-corrected chi connectivity index (χ2v) is 10.7. The number of anilines is 2. The van der Waals surface area contributed by atoms with Crippen LogP contribution in [0.15, 0.2) is 47.4 Å². The van der Waals surface area contributed by atoms with Crippen molar-refractivity contribution in [3.63, 3.8) is 0 Å². The number of halogens is 2. The Morgan fingerprint density at radius 1 is 0.875 bits per heavy atom. The van der Waals surface area contributed by atoms with Gasteiger partial charge in [0.05, 0.1) is 16.6 Å². The number of hydrogen-bond acceptors (Lipinski definition) is 5. The molecule has 1 N–H and O–H groups in total. The lowest BCUT2D eigenvalue weighted by atomic mass is 10.2. The molecule has 2 fully saturated rings. The minimum atomic E-state index is -3.80. The normalized spacial score (nSPS) is 18.1. The number of benzene rings is 2. The fraction of sp³-hybridized carbons (Fsp3) is 0.409. The first-order valence-corrected chi connectivity index (χ1v) is 12.9. The van der Waals surface area contributed by atoms with Gasteiger partial charge in [0.1, 0.15) is 4.90 Å². The molecule has 10 heteroatoms. The molecule has 2 aromatic rings. The van der Waals surface area contributed by atoms with Gasteiger partial charge in [0, 0.05) is 50.6 Å². The van der Waals surface area contributed by atoms with E-state index in [2.05, 4.69) is 10.2 Å². The van der Waals surface area contributed by atoms with Crippen molar-refractivity contribution in [2.24, 2.45) is 0 Å². The largest absolute Gasteiger partial charge is 0.372 e. The van der Waals surface area contributed by atoms with Gasteiger partial charge in [-0.3, -0.25) is 9.69 Å². The zero-order valence-electron chi connectivity index (χ0n) is 17.6. The predicted molar refractivity (Wildman–Crippen MR) is 128 cm³/mol. The molecule has 32 heavy (non-hydrogen) atoms. The van der Waals surface area contributed by atoms with Crippen LogP contribution in [0.3, 0.4) is 0 Å². The number of rotatable bonds is 6. The van der Waals surface area contributed by atoms with Gasteiger partial charge >= 0.3 is 0 Å². The average Bonchev–Trinajstić information content (AvgIpc) is 3.29. The quantitative estimate of drug-likeness (QED) is 0.661. The summed E-state index contributed by atoms with van der Waals surface area (Å²) in [6.45, 7) is 3.79. The molecule has 2 saturated heterocycles. The minimum absolute atomic E-state index is 0.0631. The molecule has 172 valence electrons. The summed E-state index contributed by atoms with van der Waals surface area (Å²) in [5.41, 5.74) is 1.93. The van der Waals surface area contributed by atoms with Gasteiger partial charge in [-0.15, -0.1) is 0 Å². The van der Waals surface area contributed by atoms with Crippen molar-refractivity contribution >= 4 is 50.5 Å². The van der Waals surface area contributed by atoms with Crippen LogP contribution in [0.25, 0.3) is 0 Å². The zero-order valence-corrected chi connectivity index (χ0v) is 20.0. The number of sulfonamides is 1. The highest BCUT2D eigenvalue weighted by molar-refractivity contribution is 7.89. The van der Waals surface area contributed by atoms with E-state index in [-0.39, 0.29) is 40.5 Å². The second-order valence-electron chi connectivity index (χ2n) is 8.02. The molecule has 0 saturated carbocycles. The van der Waals surface area contributed by atoms with E-state index in [1.165, 1.54) is 35.0 Å². The van der Waals surface area contributed by atoms with E-state index in [9.17, 15) is 13.2 Å². The first kappa shape index (κ1) is 23.3. The Bertz CT molecular complexity index is 1040. The monoisotopic (exact) mass is 496 g/mol. The van der Waals surface area contributed by atoms with E-state index < -0.39 is 10.0 Å². The highest BCUT2D eigenvalue weighted by Crippen LogP contribution is 2.32. The van der Waals surface area contributed by atoms with E-state index in [0.29, 0.717) is 13.1 Å². The minimum Gasteiger partial charge on any atom is -0.372 e. The van der Waals surface area contributed by atoms with Gasteiger partial charge in [-0.05, 0) is 49.2 Å². The van der Waals surface area contributed by atoms with Crippen molar-refractivity contribution < 1.29 is 13.2 Å². The molecule has 2 aromatic carbocycles. The summed E-state index contributed by atoms with van der Waals surface area (Å²) >= 11 is 12.2. The first-order valence-electron chi connectivity index (χ1n) is 10.7. The molecule has 0 bridgehead atoms. The summed E-state index contributed by atoms with van der Waals surface area (Å²) in [4.78, 5) is 16.7. The average molecular weight is 497 g/mol. The summed E-state index contributed by atoms with van der Waals surface area (Å²) in [6, 6.07) is 12.5. The molecule has 0 aliphatic carbocycles. The maximum Gasteiger partial charge on any atom is 0.246 e. The van der Waals surface area contributed by atoms with Crippen molar-refractivity contribution in [1.82, 2.24) is 9.21 Å². The molecular weight excluding hydrogens is 471 g/mol. The van der Waals surface area contributed by atoms with Crippen LogP contribution in [-0.4, -0.2) is 69.3 Å². The standard InChI is InChI=1S/C22H26Cl2N4O3S/c23-19-4-3-5-20(24)22(19)32(30,31)28-14-12-26(13-15-28)16-21(29)25-17-6-8-18(9-7-17)27-10-1-2-11-27/h3-9H,1-2,10-16H2,(H,25,29). The molecule has 0 unspecified atom stereocenters. The summed E-state index contributed by atoms with van der Waals surface area (Å²) in [7, 11) is -3.80. The van der Waals surface area contributed by atoms with Crippen LogP contribution >= 0.6 is 23.2 Å². The first-order chi connectivity index (χ1) is 15.3. The lowest BCUT2D eigenvalue weighted by Crippen LogP contribution is -2.50. The number of hydrogen-bond donors (Lipinski definition) is 1. The number of carbonyl (C=O) groups is 1. The van der Waals surface area contributed by atoms with E-state index >= 15 is 0 Å². The van der Waals surface area contributed by atoms with Crippen LogP contribution in [-0.2, 0) is 14.8 Å². The molecule has 0 atom stereocenters. The van der Waals surface area contributed by atoms with Crippen molar-refractivity contribution in [1.29, 1.82) is 0 Å². The van der Waals surface area contributed by atoms with Crippen LogP contribution in [0.4, 0.5) is 11.4 Å². The van der Waals surface area contributed by atoms with E-state index in [1.807, 2.05) is 29.2 Å². The van der Waals surface area contributed by atoms with Gasteiger partial charge in [0.25, 0.3) is 0 Å². The molecular formula is C22H26Cl2N4O3S. The Labute approximate surface area is 198 Å². The van der Waals surface area contributed by atoms with Gasteiger partial charge in [-0.2, -0.15) is 4.31 Å². The van der Waals surface area contributed by atoms with Gasteiger partial charge in [-0.1, -0.05) is 29.3 Å². The Balaban J connectivity index is 1.29. The Morgan fingerprint density at radius 3 is 2.06 bits per heavy atom. The van der Waals surface area contributed by atoms with E-state index in [4.69, 9.17) is 23.2 Å². The third-order valence-electron chi connectivity index (χ3n) is 5.84. The lowest BCUT2D eigenvalue weighted by molar-refractivity contribution is -0.117. The molecule has 1 amide bonds. The predicted octanol–water partition coefficient (Wildman–Crippen LogP) is 3.54. The van der Waals surface area contributed by atoms with Gasteiger partial charge in [-0.25, -0.2) is 8.42 Å². The molecule has 0 aromatic heterocycles. The Kier molecular flexibility index (Phi) is 7.27. The summed E-state index contributed by atoms with van der Waals surface area (Å²) < 4.78 is 27.3. The van der Waals surface area contributed by atoms with Crippen LogP contribution in [0.1, 0.15) is 12.8 Å². The maximum atomic E-state index is 13.0. The molecule has 2 aliphatic heterocycles. The van der Waals surface area contributed by atoms with Crippen LogP contribution in [0, 0.1) is 0 Å². The third-order valence-corrected chi connectivity index (χ3v) is 8.69. The van der Waals surface area contributed by atoms with Crippen LogP contribution in [0.2, 0.25) is 10.0 Å². The van der Waals surface area contributed by atoms with Gasteiger partial charge in [0.2, 0.25) is 15.9 Å². The third kappa shape index (κ3) is 5.21. The van der Waals surface area contributed by atoms with Crippen LogP contribution in [0.5, 0.6) is 0 Å². The number of piperazine rings is 1. The van der Waals surface area contributed by atoms with Gasteiger partial charge in [0.15, 0.2) is 0 Å². The van der Waals surface area contributed by atoms with E-state index in [0.717, 1.165) is 18.8 Å². The molecule has 2 heterocycles. The van der Waals surface area contributed by atoms with Crippen molar-refractivity contribution in [3.8, 4) is 0 Å². The number of nitrogens with zero attached hydrogens (tertiary/aromatic N) is 3. The van der Waals surface area contributed by atoms with Gasteiger partial charge < -0.3 is 10.2 Å².